The maximum Gasteiger partial charge on any atom is 0.127 e. The molecule has 0 N–H and O–H groups in total. The predicted octanol–water partition coefficient (Wildman–Crippen LogP) is 3.44. The Morgan fingerprint density at radius 2 is 2.31 bits per heavy atom. The largest absolute Gasteiger partial charge is 0.207 e. The summed E-state index contributed by atoms with van der Waals surface area (Å²) in [7, 11) is 0. The van der Waals surface area contributed by atoms with Gasteiger partial charge in [-0.2, -0.15) is 0 Å². The third-order valence-corrected chi connectivity index (χ3v) is 2.33. The minimum Gasteiger partial charge on any atom is -0.207 e. The summed E-state index contributed by atoms with van der Waals surface area (Å²) in [6, 6.07) is 4.77. The first kappa shape index (κ1) is 10.0. The van der Waals surface area contributed by atoms with Crippen molar-refractivity contribution in [3.05, 3.63) is 44.5 Å². The van der Waals surface area contributed by atoms with E-state index in [-0.39, 0.29) is 12.4 Å². The smallest absolute Gasteiger partial charge is 0.127 e. The second-order valence-electron chi connectivity index (χ2n) is 2.40. The molecule has 0 aliphatic carbocycles. The molecule has 1 aromatic rings. The van der Waals surface area contributed by atoms with Crippen LogP contribution in [0.3, 0.4) is 0 Å². The highest BCUT2D eigenvalue weighted by atomic mass is 79.9. The average molecular weight is 244 g/mol. The maximum atomic E-state index is 13.1. The maximum absolute atomic E-state index is 13.1. The highest BCUT2D eigenvalue weighted by Gasteiger charge is 2.04. The normalized spacial score (nSPS) is 9.38. The third-order valence-electron chi connectivity index (χ3n) is 1.59. The molecule has 0 saturated heterocycles. The molecule has 0 amide bonds. The Labute approximate surface area is 83.3 Å². The van der Waals surface area contributed by atoms with E-state index in [1.165, 1.54) is 6.07 Å². The molecular weight excluding hydrogens is 237 g/mol. The number of benzene rings is 1. The van der Waals surface area contributed by atoms with Crippen LogP contribution in [0.5, 0.6) is 0 Å². The molecule has 0 aromatic heterocycles. The van der Waals surface area contributed by atoms with E-state index < -0.39 is 0 Å². The molecule has 0 radical (unpaired) electrons. The number of rotatable bonds is 3. The van der Waals surface area contributed by atoms with Gasteiger partial charge in [-0.1, -0.05) is 27.1 Å². The van der Waals surface area contributed by atoms with Crippen molar-refractivity contribution in [2.24, 2.45) is 5.11 Å². The van der Waals surface area contributed by atoms with E-state index in [0.29, 0.717) is 16.5 Å². The van der Waals surface area contributed by atoms with E-state index in [4.69, 9.17) is 5.53 Å². The second kappa shape index (κ2) is 4.84. The molecule has 0 saturated carbocycles. The lowest BCUT2D eigenvalue weighted by molar-refractivity contribution is 0.608. The van der Waals surface area contributed by atoms with Crippen molar-refractivity contribution in [2.45, 2.75) is 6.42 Å². The van der Waals surface area contributed by atoms with Crippen LogP contribution >= 0.6 is 15.9 Å². The fraction of sp³-hybridized carbons (Fsp3) is 0.250. The Morgan fingerprint density at radius 3 is 2.92 bits per heavy atom. The molecule has 5 heteroatoms. The fourth-order valence-corrected chi connectivity index (χ4v) is 1.52. The van der Waals surface area contributed by atoms with Crippen LogP contribution in [-0.4, -0.2) is 6.54 Å². The molecule has 0 fully saturated rings. The zero-order valence-electron chi connectivity index (χ0n) is 6.74. The highest BCUT2D eigenvalue weighted by molar-refractivity contribution is 9.10. The fourth-order valence-electron chi connectivity index (χ4n) is 0.978. The molecule has 0 heterocycles. The molecule has 0 aliphatic rings. The van der Waals surface area contributed by atoms with Crippen molar-refractivity contribution in [3.8, 4) is 0 Å². The first-order valence-corrected chi connectivity index (χ1v) is 4.48. The van der Waals surface area contributed by atoms with Crippen LogP contribution < -0.4 is 0 Å². The summed E-state index contributed by atoms with van der Waals surface area (Å²) >= 11 is 3.22. The Kier molecular flexibility index (Phi) is 3.73. The van der Waals surface area contributed by atoms with Gasteiger partial charge in [0.2, 0.25) is 0 Å². The molecular formula is C8H7BrFN3. The first-order chi connectivity index (χ1) is 6.25. The van der Waals surface area contributed by atoms with Crippen LogP contribution in [0.25, 0.3) is 10.4 Å². The van der Waals surface area contributed by atoms with Crippen LogP contribution in [0.1, 0.15) is 5.56 Å². The van der Waals surface area contributed by atoms with Gasteiger partial charge in [0.25, 0.3) is 0 Å². The Morgan fingerprint density at radius 1 is 1.54 bits per heavy atom. The van der Waals surface area contributed by atoms with Crippen LogP contribution in [0.15, 0.2) is 27.8 Å². The van der Waals surface area contributed by atoms with Gasteiger partial charge in [0, 0.05) is 21.5 Å². The van der Waals surface area contributed by atoms with Gasteiger partial charge in [-0.15, -0.1) is 0 Å². The van der Waals surface area contributed by atoms with E-state index in [1.807, 2.05) is 0 Å². The minimum absolute atomic E-state index is 0.274. The minimum atomic E-state index is -0.275. The highest BCUT2D eigenvalue weighted by Crippen LogP contribution is 2.19. The molecule has 0 spiro atoms. The topological polar surface area (TPSA) is 48.8 Å². The Bertz CT molecular complexity index is 327. The Balaban J connectivity index is 2.80. The van der Waals surface area contributed by atoms with Gasteiger partial charge < -0.3 is 0 Å². The number of azide groups is 1. The van der Waals surface area contributed by atoms with E-state index in [0.717, 1.165) is 0 Å². The van der Waals surface area contributed by atoms with E-state index in [2.05, 4.69) is 26.0 Å². The number of hydrogen-bond donors (Lipinski definition) is 0. The lowest BCUT2D eigenvalue weighted by atomic mass is 10.1. The van der Waals surface area contributed by atoms with Gasteiger partial charge in [-0.05, 0) is 24.1 Å². The van der Waals surface area contributed by atoms with Gasteiger partial charge in [0.15, 0.2) is 0 Å². The van der Waals surface area contributed by atoms with Crippen LogP contribution in [-0.2, 0) is 6.42 Å². The third kappa shape index (κ3) is 2.72. The number of hydrogen-bond acceptors (Lipinski definition) is 1. The zero-order valence-corrected chi connectivity index (χ0v) is 8.33. The number of nitrogens with zero attached hydrogens (tertiary/aromatic N) is 3. The van der Waals surface area contributed by atoms with Crippen LogP contribution in [0.4, 0.5) is 4.39 Å². The van der Waals surface area contributed by atoms with Crippen molar-refractivity contribution in [1.82, 2.24) is 0 Å². The molecule has 0 aliphatic heterocycles. The first-order valence-electron chi connectivity index (χ1n) is 3.69. The van der Waals surface area contributed by atoms with Gasteiger partial charge >= 0.3 is 0 Å². The summed E-state index contributed by atoms with van der Waals surface area (Å²) in [5, 5.41) is 3.34. The van der Waals surface area contributed by atoms with Crippen LogP contribution in [0, 0.1) is 5.82 Å². The van der Waals surface area contributed by atoms with E-state index >= 15 is 0 Å². The molecule has 13 heavy (non-hydrogen) atoms. The molecule has 0 bridgehead atoms. The lowest BCUT2D eigenvalue weighted by Crippen LogP contribution is -1.94. The van der Waals surface area contributed by atoms with Crippen molar-refractivity contribution >= 4 is 15.9 Å². The van der Waals surface area contributed by atoms with Gasteiger partial charge in [-0.3, -0.25) is 0 Å². The molecule has 1 aromatic carbocycles. The standard InChI is InChI=1S/C8H7BrFN3/c9-7-2-1-3-8(10)6(7)4-5-12-13-11/h1-3H,4-5H2. The van der Waals surface area contributed by atoms with Gasteiger partial charge in [0.05, 0.1) is 0 Å². The predicted molar refractivity (Wildman–Crippen MR) is 51.8 cm³/mol. The zero-order chi connectivity index (χ0) is 9.68. The molecule has 68 valence electrons. The summed E-state index contributed by atoms with van der Waals surface area (Å²) in [4.78, 5) is 2.60. The van der Waals surface area contributed by atoms with E-state index in [1.54, 1.807) is 12.1 Å². The summed E-state index contributed by atoms with van der Waals surface area (Å²) < 4.78 is 13.8. The lowest BCUT2D eigenvalue weighted by Gasteiger charge is -2.02. The molecule has 0 unspecified atom stereocenters. The molecule has 0 atom stereocenters. The average Bonchev–Trinajstić information content (AvgIpc) is 2.10. The van der Waals surface area contributed by atoms with Crippen molar-refractivity contribution < 1.29 is 4.39 Å². The van der Waals surface area contributed by atoms with Crippen molar-refractivity contribution in [2.75, 3.05) is 6.54 Å². The molecule has 3 nitrogen and oxygen atoms in total. The Hall–Kier alpha value is -1.06. The van der Waals surface area contributed by atoms with Crippen LogP contribution in [0.2, 0.25) is 0 Å². The van der Waals surface area contributed by atoms with Crippen molar-refractivity contribution in [3.63, 3.8) is 0 Å². The SMILES string of the molecule is [N-]=[N+]=NCCc1c(F)cccc1Br. The molecule has 1 rings (SSSR count). The summed E-state index contributed by atoms with van der Waals surface area (Å²) in [5.41, 5.74) is 8.59. The van der Waals surface area contributed by atoms with E-state index in [9.17, 15) is 4.39 Å². The quantitative estimate of drug-likeness (QED) is 0.444. The van der Waals surface area contributed by atoms with Crippen molar-refractivity contribution in [1.29, 1.82) is 0 Å². The van der Waals surface area contributed by atoms with Gasteiger partial charge in [-0.25, -0.2) is 4.39 Å². The summed E-state index contributed by atoms with van der Waals surface area (Å²) in [6.07, 6.45) is 0.414. The monoisotopic (exact) mass is 243 g/mol. The summed E-state index contributed by atoms with van der Waals surface area (Å²) in [6.45, 7) is 0.274. The van der Waals surface area contributed by atoms with Gasteiger partial charge in [0.1, 0.15) is 5.82 Å². The number of halogens is 2. The second-order valence-corrected chi connectivity index (χ2v) is 3.26. The summed E-state index contributed by atoms with van der Waals surface area (Å²) in [5.74, 6) is -0.275.